The van der Waals surface area contributed by atoms with E-state index in [-0.39, 0.29) is 0 Å². The fourth-order valence-electron chi connectivity index (χ4n) is 0.306. The van der Waals surface area contributed by atoms with Crippen LogP contribution in [0.15, 0.2) is 0 Å². The molecule has 0 fully saturated rings. The van der Waals surface area contributed by atoms with E-state index >= 15 is 0 Å². The van der Waals surface area contributed by atoms with Crippen molar-refractivity contribution in [3.05, 3.63) is 0 Å². The van der Waals surface area contributed by atoms with Crippen molar-refractivity contribution in [2.24, 2.45) is 0 Å². The lowest BCUT2D eigenvalue weighted by Crippen LogP contribution is -2.37. The molecule has 0 aliphatic heterocycles. The maximum Gasteiger partial charge on any atom is 0.454 e. The van der Waals surface area contributed by atoms with Crippen LogP contribution < -0.4 is 0 Å². The summed E-state index contributed by atoms with van der Waals surface area (Å²) < 4.78 is 15.8. The highest BCUT2D eigenvalue weighted by Crippen LogP contribution is 1.98. The van der Waals surface area contributed by atoms with E-state index in [1.807, 2.05) is 0 Å². The van der Waals surface area contributed by atoms with Crippen molar-refractivity contribution in [1.29, 1.82) is 0 Å². The van der Waals surface area contributed by atoms with Crippen LogP contribution in [0.1, 0.15) is 0 Å². The van der Waals surface area contributed by atoms with Crippen molar-refractivity contribution < 1.29 is 8.58 Å². The molecular formula is C3H12O2Si3. The van der Waals surface area contributed by atoms with Gasteiger partial charge in [0, 0.05) is 0 Å². The van der Waals surface area contributed by atoms with Crippen LogP contribution in [-0.4, -0.2) is 26.5 Å². The molecular weight excluding hydrogens is 152 g/mol. The standard InChI is InChI=1S/C3H12O2Si3/c1-8(2,3)7(4)5-6/h1-3,6H3. The zero-order valence-corrected chi connectivity index (χ0v) is 9.82. The number of hydrogen-bond acceptors (Lipinski definition) is 2. The first kappa shape index (κ1) is 8.25. The number of hydrogen-bond donors (Lipinski definition) is 0. The Morgan fingerprint density at radius 3 is 1.88 bits per heavy atom. The summed E-state index contributed by atoms with van der Waals surface area (Å²) in [6, 6.07) is 0. The molecule has 0 aromatic heterocycles. The van der Waals surface area contributed by atoms with Gasteiger partial charge in [-0.3, -0.25) is 0 Å². The molecule has 0 unspecified atom stereocenters. The second-order valence-electron chi connectivity index (χ2n) is 2.74. The fraction of sp³-hybridized carbons (Fsp3) is 1.00. The first-order valence-corrected chi connectivity index (χ1v) is 9.20. The second-order valence-corrected chi connectivity index (χ2v) is 15.2. The van der Waals surface area contributed by atoms with E-state index in [0.717, 1.165) is 0 Å². The maximum absolute atomic E-state index is 10.9. The van der Waals surface area contributed by atoms with Crippen LogP contribution in [0.25, 0.3) is 0 Å². The molecule has 0 aromatic rings. The topological polar surface area (TPSA) is 26.3 Å². The third kappa shape index (κ3) is 2.53. The lowest BCUT2D eigenvalue weighted by atomic mass is 11.8. The minimum absolute atomic E-state index is 0.621. The summed E-state index contributed by atoms with van der Waals surface area (Å²) in [6.45, 7) is 6.19. The van der Waals surface area contributed by atoms with Gasteiger partial charge in [-0.05, 0) is 0 Å². The lowest BCUT2D eigenvalue weighted by molar-refractivity contribution is 0.490. The molecule has 0 N–H and O–H groups in total. The van der Waals surface area contributed by atoms with E-state index in [1.165, 1.54) is 0 Å². The molecule has 0 aliphatic rings. The molecule has 0 spiro atoms. The van der Waals surface area contributed by atoms with Crippen molar-refractivity contribution >= 4 is 26.5 Å². The van der Waals surface area contributed by atoms with Crippen LogP contribution in [0.3, 0.4) is 0 Å². The molecule has 8 heavy (non-hydrogen) atoms. The van der Waals surface area contributed by atoms with Crippen LogP contribution in [0.5, 0.6) is 0 Å². The Kier molecular flexibility index (Phi) is 2.78. The van der Waals surface area contributed by atoms with Crippen molar-refractivity contribution in [3.63, 3.8) is 0 Å². The van der Waals surface area contributed by atoms with Gasteiger partial charge in [0.25, 0.3) is 0 Å². The van der Waals surface area contributed by atoms with E-state index in [1.54, 1.807) is 0 Å². The minimum Gasteiger partial charge on any atom is -0.589 e. The van der Waals surface area contributed by atoms with Gasteiger partial charge in [-0.25, -0.2) is 0 Å². The Bertz CT molecular complexity index is 95.2. The Hall–Kier alpha value is 0.251. The summed E-state index contributed by atoms with van der Waals surface area (Å²) in [6.07, 6.45) is 0. The van der Waals surface area contributed by atoms with E-state index in [2.05, 4.69) is 19.6 Å². The summed E-state index contributed by atoms with van der Waals surface area (Å²) in [4.78, 5) is 0. The van der Waals surface area contributed by atoms with Crippen LogP contribution >= 0.6 is 0 Å². The average Bonchev–Trinajstić information content (AvgIpc) is 1.62. The third-order valence-corrected chi connectivity index (χ3v) is 9.02. The molecule has 48 valence electrons. The molecule has 0 saturated heterocycles. The van der Waals surface area contributed by atoms with E-state index in [0.29, 0.717) is 10.5 Å². The number of rotatable bonds is 2. The van der Waals surface area contributed by atoms with Crippen LogP contribution in [0.2, 0.25) is 19.6 Å². The molecule has 0 saturated carbocycles. The maximum atomic E-state index is 10.9. The van der Waals surface area contributed by atoms with Crippen LogP contribution in [0.4, 0.5) is 0 Å². The summed E-state index contributed by atoms with van der Waals surface area (Å²) in [5.41, 5.74) is 0. The van der Waals surface area contributed by atoms with Crippen molar-refractivity contribution in [3.8, 4) is 0 Å². The summed E-state index contributed by atoms with van der Waals surface area (Å²) in [5.74, 6) is 0. The molecule has 0 aliphatic carbocycles. The predicted octanol–water partition coefficient (Wildman–Crippen LogP) is -0.381. The predicted molar refractivity (Wildman–Crippen MR) is 40.8 cm³/mol. The van der Waals surface area contributed by atoms with Crippen molar-refractivity contribution in [2.75, 3.05) is 0 Å². The van der Waals surface area contributed by atoms with Gasteiger partial charge in [0.2, 0.25) is 0 Å². The molecule has 0 radical (unpaired) electrons. The zero-order chi connectivity index (χ0) is 6.78. The zero-order valence-electron chi connectivity index (χ0n) is 5.82. The Labute approximate surface area is 55.4 Å². The van der Waals surface area contributed by atoms with E-state index < -0.39 is 16.0 Å². The lowest BCUT2D eigenvalue weighted by Gasteiger charge is -2.09. The van der Waals surface area contributed by atoms with Gasteiger partial charge in [0.1, 0.15) is 0 Å². The van der Waals surface area contributed by atoms with Gasteiger partial charge in [-0.2, -0.15) is 0 Å². The first-order valence-electron chi connectivity index (χ1n) is 2.57. The van der Waals surface area contributed by atoms with Gasteiger partial charge >= 0.3 is 8.44 Å². The SMILES string of the molecule is C[Si](C)(C)[Si](=O)O[SiH3]. The second kappa shape index (κ2) is 2.70. The highest BCUT2D eigenvalue weighted by atomic mass is 29.2. The third-order valence-electron chi connectivity index (χ3n) is 0.798. The van der Waals surface area contributed by atoms with Crippen molar-refractivity contribution in [2.45, 2.75) is 19.6 Å². The molecule has 5 heteroatoms. The van der Waals surface area contributed by atoms with E-state index in [9.17, 15) is 4.46 Å². The molecule has 0 aromatic carbocycles. The van der Waals surface area contributed by atoms with Gasteiger partial charge in [0.15, 0.2) is 18.1 Å². The minimum atomic E-state index is -1.59. The summed E-state index contributed by atoms with van der Waals surface area (Å²) >= 11 is 0. The Morgan fingerprint density at radius 2 is 1.88 bits per heavy atom. The first-order chi connectivity index (χ1) is 3.48. The Morgan fingerprint density at radius 1 is 1.50 bits per heavy atom. The molecule has 0 amide bonds. The van der Waals surface area contributed by atoms with Gasteiger partial charge in [-0.1, -0.05) is 19.6 Å². The fourth-order valence-corrected chi connectivity index (χ4v) is 8.27. The normalized spacial score (nSPS) is 11.4. The molecule has 0 atom stereocenters. The molecule has 0 rings (SSSR count). The monoisotopic (exact) mass is 164 g/mol. The van der Waals surface area contributed by atoms with Gasteiger partial charge < -0.3 is 8.58 Å². The van der Waals surface area contributed by atoms with Gasteiger partial charge in [-0.15, -0.1) is 0 Å². The van der Waals surface area contributed by atoms with Gasteiger partial charge in [0.05, 0.1) is 0 Å². The van der Waals surface area contributed by atoms with Crippen LogP contribution in [-0.2, 0) is 8.58 Å². The van der Waals surface area contributed by atoms with E-state index in [4.69, 9.17) is 4.12 Å². The largest absolute Gasteiger partial charge is 0.589 e. The smallest absolute Gasteiger partial charge is 0.454 e. The molecule has 2 nitrogen and oxygen atoms in total. The van der Waals surface area contributed by atoms with Crippen molar-refractivity contribution in [1.82, 2.24) is 0 Å². The molecule has 0 heterocycles. The highest BCUT2D eigenvalue weighted by molar-refractivity contribution is 7.24. The summed E-state index contributed by atoms with van der Waals surface area (Å²) in [7, 11) is -2.37. The molecule has 0 bridgehead atoms. The van der Waals surface area contributed by atoms with Crippen LogP contribution in [0, 0.1) is 0 Å². The average molecular weight is 164 g/mol. The highest BCUT2D eigenvalue weighted by Gasteiger charge is 2.27. The Balaban J connectivity index is 3.82. The summed E-state index contributed by atoms with van der Waals surface area (Å²) in [5, 5.41) is 0. The quantitative estimate of drug-likeness (QED) is 0.520.